The number of aliphatic hydroxyl groups is 1. The zero-order chi connectivity index (χ0) is 21.5. The number of anilines is 1. The van der Waals surface area contributed by atoms with E-state index in [4.69, 9.17) is 14.5 Å². The fourth-order valence-electron chi connectivity index (χ4n) is 4.88. The summed E-state index contributed by atoms with van der Waals surface area (Å²) in [5, 5.41) is 9.75. The Morgan fingerprint density at radius 1 is 1.23 bits per heavy atom. The Kier molecular flexibility index (Phi) is 5.32. The van der Waals surface area contributed by atoms with Crippen LogP contribution in [-0.2, 0) is 17.8 Å². The normalized spacial score (nSPS) is 21.3. The number of ether oxygens (including phenoxy) is 2. The number of carbonyl (C=O) groups is 1. The topological polar surface area (TPSA) is 75.1 Å². The summed E-state index contributed by atoms with van der Waals surface area (Å²) in [4.78, 5) is 21.1. The summed E-state index contributed by atoms with van der Waals surface area (Å²) in [6.45, 7) is 5.06. The minimum Gasteiger partial charge on any atom is -0.490 e. The Hall–Kier alpha value is -2.64. The van der Waals surface area contributed by atoms with E-state index >= 15 is 0 Å². The first kappa shape index (κ1) is 20.3. The van der Waals surface area contributed by atoms with Gasteiger partial charge >= 0.3 is 0 Å². The van der Waals surface area contributed by atoms with Crippen LogP contribution >= 0.6 is 0 Å². The van der Waals surface area contributed by atoms with Gasteiger partial charge < -0.3 is 24.4 Å². The number of amides is 1. The molecular weight excluding hydrogens is 394 g/mol. The lowest BCUT2D eigenvalue weighted by molar-refractivity contribution is 0.0715. The molecule has 0 saturated carbocycles. The van der Waals surface area contributed by atoms with Crippen LogP contribution in [0.25, 0.3) is 0 Å². The lowest BCUT2D eigenvalue weighted by Crippen LogP contribution is -2.39. The Morgan fingerprint density at radius 2 is 2.03 bits per heavy atom. The highest BCUT2D eigenvalue weighted by atomic mass is 16.5. The van der Waals surface area contributed by atoms with Gasteiger partial charge in [0.05, 0.1) is 37.1 Å². The lowest BCUT2D eigenvalue weighted by Gasteiger charge is -2.34. The molecular formula is C24H29N3O4. The predicted octanol–water partition coefficient (Wildman–Crippen LogP) is 2.63. The highest BCUT2D eigenvalue weighted by Crippen LogP contribution is 2.35. The van der Waals surface area contributed by atoms with Crippen LogP contribution in [0.2, 0.25) is 0 Å². The molecule has 164 valence electrons. The number of benzene rings is 1. The van der Waals surface area contributed by atoms with Crippen molar-refractivity contribution in [3.8, 4) is 5.75 Å². The van der Waals surface area contributed by atoms with Gasteiger partial charge in [-0.2, -0.15) is 0 Å². The molecule has 5 rings (SSSR count). The summed E-state index contributed by atoms with van der Waals surface area (Å²) in [5.41, 5.74) is 4.88. The minimum absolute atomic E-state index is 0.0695. The molecule has 0 spiro atoms. The van der Waals surface area contributed by atoms with Crippen molar-refractivity contribution in [2.24, 2.45) is 0 Å². The molecule has 1 saturated heterocycles. The van der Waals surface area contributed by atoms with E-state index < -0.39 is 0 Å². The number of fused-ring (bicyclic) bond motifs is 2. The summed E-state index contributed by atoms with van der Waals surface area (Å²) in [6.07, 6.45) is 2.96. The monoisotopic (exact) mass is 423 g/mol. The first-order valence-electron chi connectivity index (χ1n) is 11.1. The minimum atomic E-state index is -0.364. The second kappa shape index (κ2) is 8.13. The lowest BCUT2D eigenvalue weighted by atomic mass is 10.0. The first-order chi connectivity index (χ1) is 15.0. The number of rotatable bonds is 4. The Labute approximate surface area is 182 Å². The fraction of sp³-hybridized carbons (Fsp3) is 0.500. The van der Waals surface area contributed by atoms with E-state index in [1.165, 1.54) is 11.1 Å². The van der Waals surface area contributed by atoms with Gasteiger partial charge in [-0.05, 0) is 48.2 Å². The van der Waals surface area contributed by atoms with Gasteiger partial charge in [0.25, 0.3) is 5.91 Å². The van der Waals surface area contributed by atoms with Crippen LogP contribution in [0.4, 0.5) is 5.82 Å². The van der Waals surface area contributed by atoms with Gasteiger partial charge in [0.2, 0.25) is 0 Å². The number of aromatic nitrogens is 1. The molecule has 7 heteroatoms. The summed E-state index contributed by atoms with van der Waals surface area (Å²) in [5.74, 6) is 1.78. The number of pyridine rings is 1. The molecule has 31 heavy (non-hydrogen) atoms. The molecule has 3 aliphatic rings. The molecule has 1 atom stereocenters. The number of likely N-dealkylation sites (N-methyl/N-ethyl adjacent to an activating group) is 1. The Morgan fingerprint density at radius 3 is 2.81 bits per heavy atom. The van der Waals surface area contributed by atoms with E-state index in [1.54, 1.807) is 11.9 Å². The van der Waals surface area contributed by atoms with Crippen LogP contribution in [0.5, 0.6) is 5.75 Å². The molecule has 3 aliphatic heterocycles. The number of nitrogens with zero attached hydrogens (tertiary/aromatic N) is 3. The van der Waals surface area contributed by atoms with E-state index in [1.807, 2.05) is 13.0 Å². The predicted molar refractivity (Wildman–Crippen MR) is 117 cm³/mol. The molecule has 0 aliphatic carbocycles. The maximum absolute atomic E-state index is 12.4. The molecule has 7 nitrogen and oxygen atoms in total. The van der Waals surface area contributed by atoms with Gasteiger partial charge in [0.1, 0.15) is 17.7 Å². The van der Waals surface area contributed by atoms with Crippen LogP contribution in [-0.4, -0.2) is 60.4 Å². The summed E-state index contributed by atoms with van der Waals surface area (Å²) < 4.78 is 11.8. The van der Waals surface area contributed by atoms with Crippen molar-refractivity contribution in [3.63, 3.8) is 0 Å². The van der Waals surface area contributed by atoms with E-state index in [-0.39, 0.29) is 24.7 Å². The molecule has 1 fully saturated rings. The molecule has 1 amide bonds. The third-order valence-electron chi connectivity index (χ3n) is 6.72. The average molecular weight is 424 g/mol. The highest BCUT2D eigenvalue weighted by molar-refractivity contribution is 5.99. The van der Waals surface area contributed by atoms with Crippen molar-refractivity contribution in [2.75, 3.05) is 38.3 Å². The highest BCUT2D eigenvalue weighted by Gasteiger charge is 2.36. The molecule has 4 heterocycles. The van der Waals surface area contributed by atoms with E-state index in [0.717, 1.165) is 56.1 Å². The molecule has 0 bridgehead atoms. The van der Waals surface area contributed by atoms with Crippen molar-refractivity contribution >= 4 is 11.7 Å². The van der Waals surface area contributed by atoms with Gasteiger partial charge in [-0.25, -0.2) is 4.98 Å². The quantitative estimate of drug-likeness (QED) is 0.815. The molecule has 1 N–H and O–H groups in total. The Balaban J connectivity index is 1.27. The van der Waals surface area contributed by atoms with Gasteiger partial charge in [-0.1, -0.05) is 6.07 Å². The van der Waals surface area contributed by atoms with Gasteiger partial charge in [-0.3, -0.25) is 4.79 Å². The van der Waals surface area contributed by atoms with Crippen LogP contribution in [0.3, 0.4) is 0 Å². The number of aryl methyl sites for hydroxylation is 1. The summed E-state index contributed by atoms with van der Waals surface area (Å²) in [7, 11) is 1.72. The van der Waals surface area contributed by atoms with Gasteiger partial charge in [-0.15, -0.1) is 0 Å². The van der Waals surface area contributed by atoms with E-state index in [9.17, 15) is 9.90 Å². The van der Waals surface area contributed by atoms with Crippen LogP contribution in [0.1, 0.15) is 51.6 Å². The molecule has 0 radical (unpaired) electrons. The second-order valence-corrected chi connectivity index (χ2v) is 8.71. The SMILES string of the molecule is Cc1cc2c(nc1N1CCC(Oc3ccc4c(c3)CCOC4)CC1)[C@@H](CO)N(C)C2=O. The number of hydrogen-bond acceptors (Lipinski definition) is 6. The number of carbonyl (C=O) groups excluding carboxylic acids is 1. The Bertz CT molecular complexity index is 1000. The van der Waals surface area contributed by atoms with Crippen molar-refractivity contribution < 1.29 is 19.4 Å². The average Bonchev–Trinajstić information content (AvgIpc) is 3.02. The van der Waals surface area contributed by atoms with Gasteiger partial charge in [0.15, 0.2) is 0 Å². The van der Waals surface area contributed by atoms with Crippen LogP contribution in [0.15, 0.2) is 24.3 Å². The van der Waals surface area contributed by atoms with Crippen LogP contribution in [0, 0.1) is 6.92 Å². The number of hydrogen-bond donors (Lipinski definition) is 1. The second-order valence-electron chi connectivity index (χ2n) is 8.71. The molecule has 0 unspecified atom stereocenters. The zero-order valence-electron chi connectivity index (χ0n) is 18.1. The van der Waals surface area contributed by atoms with Crippen molar-refractivity contribution in [1.29, 1.82) is 0 Å². The number of aliphatic hydroxyl groups excluding tert-OH is 1. The maximum Gasteiger partial charge on any atom is 0.256 e. The number of piperidine rings is 1. The maximum atomic E-state index is 12.4. The standard InChI is InChI=1S/C24H29N3O4/c1-15-11-20-22(21(13-28)26(2)24(20)29)25-23(15)27-8-5-18(6-9-27)31-19-4-3-17-14-30-10-7-16(17)12-19/h3-4,11-12,18,21,28H,5-10,13-14H2,1-2H3/t21-/m1/s1. The van der Waals surface area contributed by atoms with E-state index in [2.05, 4.69) is 23.1 Å². The zero-order valence-corrected chi connectivity index (χ0v) is 18.1. The smallest absolute Gasteiger partial charge is 0.256 e. The van der Waals surface area contributed by atoms with Gasteiger partial charge in [0, 0.05) is 33.0 Å². The summed E-state index contributed by atoms with van der Waals surface area (Å²) >= 11 is 0. The molecule has 1 aromatic carbocycles. The van der Waals surface area contributed by atoms with E-state index in [0.29, 0.717) is 17.9 Å². The third-order valence-corrected chi connectivity index (χ3v) is 6.72. The molecule has 2 aromatic rings. The summed E-state index contributed by atoms with van der Waals surface area (Å²) in [6, 6.07) is 7.89. The van der Waals surface area contributed by atoms with Crippen molar-refractivity contribution in [1.82, 2.24) is 9.88 Å². The largest absolute Gasteiger partial charge is 0.490 e. The molecule has 1 aromatic heterocycles. The van der Waals surface area contributed by atoms with Crippen molar-refractivity contribution in [3.05, 3.63) is 52.2 Å². The van der Waals surface area contributed by atoms with Crippen LogP contribution < -0.4 is 9.64 Å². The third kappa shape index (κ3) is 3.66. The fourth-order valence-corrected chi connectivity index (χ4v) is 4.88. The van der Waals surface area contributed by atoms with Crippen molar-refractivity contribution in [2.45, 2.75) is 44.9 Å². The first-order valence-corrected chi connectivity index (χ1v) is 11.1.